The van der Waals surface area contributed by atoms with Crippen LogP contribution in [0.5, 0.6) is 11.5 Å². The second-order valence-corrected chi connectivity index (χ2v) is 7.39. The molecule has 0 unspecified atom stereocenters. The fourth-order valence-electron chi connectivity index (χ4n) is 3.90. The number of fused-ring (bicyclic) bond motifs is 1. The largest absolute Gasteiger partial charge is 0.494 e. The summed E-state index contributed by atoms with van der Waals surface area (Å²) in [4.78, 5) is 18.3. The highest BCUT2D eigenvalue weighted by Gasteiger charge is 2.23. The van der Waals surface area contributed by atoms with Crippen molar-refractivity contribution in [3.05, 3.63) is 54.7 Å². The van der Waals surface area contributed by atoms with Gasteiger partial charge in [0.25, 0.3) is 0 Å². The van der Waals surface area contributed by atoms with E-state index in [2.05, 4.69) is 22.4 Å². The topological polar surface area (TPSA) is 63.7 Å². The van der Waals surface area contributed by atoms with Crippen LogP contribution >= 0.6 is 0 Å². The molecule has 6 heteroatoms. The fourth-order valence-corrected chi connectivity index (χ4v) is 3.90. The van der Waals surface area contributed by atoms with E-state index in [4.69, 9.17) is 9.47 Å². The number of pyridine rings is 1. The molecule has 30 heavy (non-hydrogen) atoms. The summed E-state index contributed by atoms with van der Waals surface area (Å²) >= 11 is 0. The van der Waals surface area contributed by atoms with E-state index in [1.165, 1.54) is 0 Å². The number of likely N-dealkylation sites (tertiary alicyclic amines) is 1. The van der Waals surface area contributed by atoms with Crippen molar-refractivity contribution < 1.29 is 14.3 Å². The van der Waals surface area contributed by atoms with E-state index >= 15 is 0 Å². The van der Waals surface area contributed by atoms with Crippen LogP contribution < -0.4 is 14.8 Å². The van der Waals surface area contributed by atoms with Crippen LogP contribution in [0.2, 0.25) is 0 Å². The van der Waals surface area contributed by atoms with Crippen LogP contribution in [0, 0.1) is 0 Å². The molecule has 3 aromatic rings. The molecule has 2 amide bonds. The third-order valence-electron chi connectivity index (χ3n) is 5.46. The number of hydrogen-bond donors (Lipinski definition) is 1. The summed E-state index contributed by atoms with van der Waals surface area (Å²) in [5.74, 6) is 1.62. The summed E-state index contributed by atoms with van der Waals surface area (Å²) in [5.41, 5.74) is 2.92. The average molecular weight is 405 g/mol. The number of carbonyl (C=O) groups is 1. The van der Waals surface area contributed by atoms with E-state index < -0.39 is 0 Å². The molecule has 4 rings (SSSR count). The van der Waals surface area contributed by atoms with Gasteiger partial charge in [0.1, 0.15) is 17.4 Å². The highest BCUT2D eigenvalue weighted by Crippen LogP contribution is 2.36. The van der Waals surface area contributed by atoms with Gasteiger partial charge >= 0.3 is 6.03 Å². The molecule has 0 saturated carbocycles. The smallest absolute Gasteiger partial charge is 0.317 e. The predicted octanol–water partition coefficient (Wildman–Crippen LogP) is 4.48. The number of nitrogens with zero attached hydrogens (tertiary/aromatic N) is 2. The van der Waals surface area contributed by atoms with Crippen molar-refractivity contribution >= 4 is 16.9 Å². The van der Waals surface area contributed by atoms with Crippen molar-refractivity contribution in [2.24, 2.45) is 0 Å². The molecule has 1 aliphatic heterocycles. The number of methoxy groups -OCH3 is 1. The molecule has 0 radical (unpaired) electrons. The van der Waals surface area contributed by atoms with E-state index in [0.717, 1.165) is 59.5 Å². The minimum absolute atomic E-state index is 0.0131. The number of nitrogens with one attached hydrogen (secondary N) is 1. The normalized spacial score (nSPS) is 14.5. The number of benzene rings is 2. The summed E-state index contributed by atoms with van der Waals surface area (Å²) in [7, 11) is 1.68. The lowest BCUT2D eigenvalue weighted by atomic mass is 10.0. The van der Waals surface area contributed by atoms with Crippen molar-refractivity contribution in [3.63, 3.8) is 0 Å². The number of ether oxygens (including phenoxy) is 2. The average Bonchev–Trinajstić information content (AvgIpc) is 2.79. The number of rotatable bonds is 5. The van der Waals surface area contributed by atoms with E-state index in [0.29, 0.717) is 6.54 Å². The third-order valence-corrected chi connectivity index (χ3v) is 5.46. The summed E-state index contributed by atoms with van der Waals surface area (Å²) in [6.07, 6.45) is 3.58. The van der Waals surface area contributed by atoms with Crippen LogP contribution in [-0.4, -0.2) is 48.8 Å². The molecule has 1 fully saturated rings. The lowest BCUT2D eigenvalue weighted by Gasteiger charge is -2.32. The quantitative estimate of drug-likeness (QED) is 0.680. The Hall–Kier alpha value is -3.28. The lowest BCUT2D eigenvalue weighted by Crippen LogP contribution is -2.46. The number of urea groups is 1. The van der Waals surface area contributed by atoms with Gasteiger partial charge in [-0.05, 0) is 36.8 Å². The number of aromatic nitrogens is 1. The van der Waals surface area contributed by atoms with Gasteiger partial charge in [0.2, 0.25) is 0 Å². The maximum Gasteiger partial charge on any atom is 0.317 e. The maximum atomic E-state index is 11.9. The van der Waals surface area contributed by atoms with Crippen LogP contribution in [0.25, 0.3) is 22.0 Å². The molecular formula is C24H27N3O3. The zero-order chi connectivity index (χ0) is 20.9. The molecule has 1 N–H and O–H groups in total. The van der Waals surface area contributed by atoms with E-state index in [9.17, 15) is 4.79 Å². The van der Waals surface area contributed by atoms with Crippen LogP contribution in [0.3, 0.4) is 0 Å². The van der Waals surface area contributed by atoms with Crippen LogP contribution in [0.1, 0.15) is 19.8 Å². The van der Waals surface area contributed by atoms with E-state index in [1.807, 2.05) is 48.2 Å². The van der Waals surface area contributed by atoms with E-state index in [-0.39, 0.29) is 12.1 Å². The summed E-state index contributed by atoms with van der Waals surface area (Å²) in [5, 5.41) is 3.91. The van der Waals surface area contributed by atoms with Crippen molar-refractivity contribution in [2.75, 3.05) is 26.7 Å². The first-order chi connectivity index (χ1) is 14.7. The molecule has 2 heterocycles. The number of amides is 2. The molecule has 0 aliphatic carbocycles. The molecule has 0 atom stereocenters. The van der Waals surface area contributed by atoms with Gasteiger partial charge in [0, 0.05) is 49.6 Å². The summed E-state index contributed by atoms with van der Waals surface area (Å²) in [6, 6.07) is 16.2. The van der Waals surface area contributed by atoms with Gasteiger partial charge < -0.3 is 19.7 Å². The standard InChI is InChI=1S/C24H27N3O3/c1-3-25-24(28)27-15-12-20(13-16-27)30-19-9-6-17(7-10-19)21-11-8-18-5-4-14-26-22(18)23(21)29-2/h4-11,14,20H,3,12-13,15-16H2,1-2H3,(H,25,28). The van der Waals surface area contributed by atoms with Crippen LogP contribution in [0.15, 0.2) is 54.7 Å². The van der Waals surface area contributed by atoms with Crippen molar-refractivity contribution in [1.82, 2.24) is 15.2 Å². The van der Waals surface area contributed by atoms with Gasteiger partial charge in [-0.1, -0.05) is 24.3 Å². The highest BCUT2D eigenvalue weighted by molar-refractivity contribution is 5.92. The van der Waals surface area contributed by atoms with Gasteiger partial charge in [-0.15, -0.1) is 0 Å². The van der Waals surface area contributed by atoms with Crippen molar-refractivity contribution in [3.8, 4) is 22.6 Å². The SMILES string of the molecule is CCNC(=O)N1CCC(Oc2ccc(-c3ccc4cccnc4c3OC)cc2)CC1. The van der Waals surface area contributed by atoms with Crippen molar-refractivity contribution in [1.29, 1.82) is 0 Å². The van der Waals surface area contributed by atoms with Gasteiger partial charge in [-0.25, -0.2) is 4.79 Å². The Balaban J connectivity index is 1.44. The lowest BCUT2D eigenvalue weighted by molar-refractivity contribution is 0.111. The molecular weight excluding hydrogens is 378 g/mol. The molecule has 156 valence electrons. The Morgan fingerprint density at radius 2 is 1.90 bits per heavy atom. The first kappa shape index (κ1) is 20.0. The maximum absolute atomic E-state index is 11.9. The van der Waals surface area contributed by atoms with Gasteiger partial charge in [0.05, 0.1) is 7.11 Å². The zero-order valence-corrected chi connectivity index (χ0v) is 17.4. The minimum Gasteiger partial charge on any atom is -0.494 e. The Labute approximate surface area is 176 Å². The Bertz CT molecular complexity index is 1010. The van der Waals surface area contributed by atoms with Gasteiger partial charge in [-0.2, -0.15) is 0 Å². The Kier molecular flexibility index (Phi) is 6.02. The molecule has 6 nitrogen and oxygen atoms in total. The number of hydrogen-bond acceptors (Lipinski definition) is 4. The summed E-state index contributed by atoms with van der Waals surface area (Å²) < 4.78 is 11.8. The molecule has 1 aliphatic rings. The first-order valence-corrected chi connectivity index (χ1v) is 10.4. The molecule has 1 aromatic heterocycles. The number of piperidine rings is 1. The monoisotopic (exact) mass is 405 g/mol. The third kappa shape index (κ3) is 4.17. The van der Waals surface area contributed by atoms with Crippen LogP contribution in [0.4, 0.5) is 4.79 Å². The second-order valence-electron chi connectivity index (χ2n) is 7.39. The van der Waals surface area contributed by atoms with Gasteiger partial charge in [-0.3, -0.25) is 4.98 Å². The minimum atomic E-state index is 0.0131. The molecule has 2 aromatic carbocycles. The molecule has 0 spiro atoms. The fraction of sp³-hybridized carbons (Fsp3) is 0.333. The highest BCUT2D eigenvalue weighted by atomic mass is 16.5. The number of carbonyl (C=O) groups excluding carboxylic acids is 1. The molecule has 1 saturated heterocycles. The Morgan fingerprint density at radius 3 is 2.60 bits per heavy atom. The summed E-state index contributed by atoms with van der Waals surface area (Å²) in [6.45, 7) is 4.02. The Morgan fingerprint density at radius 1 is 1.13 bits per heavy atom. The molecule has 0 bridgehead atoms. The zero-order valence-electron chi connectivity index (χ0n) is 17.4. The second kappa shape index (κ2) is 9.03. The van der Waals surface area contributed by atoms with E-state index in [1.54, 1.807) is 13.3 Å². The van der Waals surface area contributed by atoms with Crippen molar-refractivity contribution in [2.45, 2.75) is 25.9 Å². The van der Waals surface area contributed by atoms with Crippen LogP contribution in [-0.2, 0) is 0 Å². The predicted molar refractivity (Wildman–Crippen MR) is 118 cm³/mol. The first-order valence-electron chi connectivity index (χ1n) is 10.4. The van der Waals surface area contributed by atoms with Gasteiger partial charge in [0.15, 0.2) is 5.75 Å².